The van der Waals surface area contributed by atoms with Crippen LogP contribution in [0, 0.1) is 0 Å². The van der Waals surface area contributed by atoms with Crippen LogP contribution in [0.2, 0.25) is 0 Å². The molecule has 0 saturated heterocycles. The predicted molar refractivity (Wildman–Crippen MR) is 61.7 cm³/mol. The maximum atomic E-state index is 8.88. The summed E-state index contributed by atoms with van der Waals surface area (Å²) in [5.74, 6) is 0. The molecule has 0 aliphatic carbocycles. The summed E-state index contributed by atoms with van der Waals surface area (Å²) in [5.41, 5.74) is 3.59. The summed E-state index contributed by atoms with van der Waals surface area (Å²) < 4.78 is 0. The highest BCUT2D eigenvalue weighted by Gasteiger charge is 2.03. The van der Waals surface area contributed by atoms with Crippen molar-refractivity contribution in [3.8, 4) is 0 Å². The molecule has 0 fully saturated rings. The minimum absolute atomic E-state index is 0.202. The Morgan fingerprint density at radius 3 is 2.93 bits per heavy atom. The molecule has 0 radical (unpaired) electrons. The van der Waals surface area contributed by atoms with E-state index in [2.05, 4.69) is 39.1 Å². The Bertz CT molecular complexity index is 436. The molecule has 0 saturated carbocycles. The Balaban J connectivity index is 2.48. The molecular weight excluding hydrogens is 242 g/mol. The molecule has 2 N–H and O–H groups in total. The zero-order valence-corrected chi connectivity index (χ0v) is 9.34. The van der Waals surface area contributed by atoms with E-state index in [9.17, 15) is 0 Å². The molecule has 2 nitrogen and oxygen atoms in total. The van der Waals surface area contributed by atoms with Crippen molar-refractivity contribution in [2.24, 2.45) is 0 Å². The van der Waals surface area contributed by atoms with E-state index in [1.807, 2.05) is 6.20 Å². The molecule has 0 spiro atoms. The van der Waals surface area contributed by atoms with Gasteiger partial charge in [-0.05, 0) is 23.6 Å². The van der Waals surface area contributed by atoms with Crippen LogP contribution in [0.25, 0.3) is 10.9 Å². The zero-order chi connectivity index (χ0) is 9.97. The van der Waals surface area contributed by atoms with E-state index >= 15 is 0 Å². The van der Waals surface area contributed by atoms with Crippen molar-refractivity contribution < 1.29 is 5.11 Å². The third-order valence-corrected chi connectivity index (χ3v) is 3.01. The third kappa shape index (κ3) is 1.70. The van der Waals surface area contributed by atoms with Crippen molar-refractivity contribution in [1.29, 1.82) is 0 Å². The maximum absolute atomic E-state index is 8.88. The fraction of sp³-hybridized carbons (Fsp3) is 0.273. The smallest absolute Gasteiger partial charge is 0.0472 e. The first-order valence-electron chi connectivity index (χ1n) is 4.61. The normalized spacial score (nSPS) is 11.0. The molecule has 0 bridgehead atoms. The van der Waals surface area contributed by atoms with Crippen molar-refractivity contribution in [3.63, 3.8) is 0 Å². The molecule has 0 atom stereocenters. The number of benzene rings is 1. The number of hydrogen-bond acceptors (Lipinski definition) is 1. The number of aliphatic hydroxyl groups is 1. The Hall–Kier alpha value is -0.800. The van der Waals surface area contributed by atoms with E-state index in [1.54, 1.807) is 0 Å². The SMILES string of the molecule is OCCc1c[nH]c2cc(CBr)ccc12. The lowest BCUT2D eigenvalue weighted by molar-refractivity contribution is 0.300. The highest BCUT2D eigenvalue weighted by atomic mass is 79.9. The second kappa shape index (κ2) is 4.15. The van der Waals surface area contributed by atoms with Gasteiger partial charge >= 0.3 is 0 Å². The molecule has 2 aromatic rings. The number of nitrogens with one attached hydrogen (secondary N) is 1. The van der Waals surface area contributed by atoms with Gasteiger partial charge in [-0.15, -0.1) is 0 Å². The fourth-order valence-corrected chi connectivity index (χ4v) is 1.99. The summed E-state index contributed by atoms with van der Waals surface area (Å²) >= 11 is 3.43. The number of aromatic nitrogens is 1. The molecule has 74 valence electrons. The van der Waals surface area contributed by atoms with E-state index in [4.69, 9.17) is 5.11 Å². The second-order valence-electron chi connectivity index (χ2n) is 3.30. The Morgan fingerprint density at radius 1 is 1.36 bits per heavy atom. The third-order valence-electron chi connectivity index (χ3n) is 2.37. The standard InChI is InChI=1S/C11H12BrNO/c12-6-8-1-2-10-9(3-4-14)7-13-11(10)5-8/h1-2,5,7,13-14H,3-4,6H2. The van der Waals surface area contributed by atoms with Crippen LogP contribution in [-0.2, 0) is 11.8 Å². The molecule has 0 unspecified atom stereocenters. The highest BCUT2D eigenvalue weighted by molar-refractivity contribution is 9.08. The zero-order valence-electron chi connectivity index (χ0n) is 7.76. The molecule has 1 aromatic heterocycles. The molecule has 3 heteroatoms. The fourth-order valence-electron chi connectivity index (χ4n) is 1.64. The largest absolute Gasteiger partial charge is 0.396 e. The van der Waals surface area contributed by atoms with Crippen LogP contribution in [0.15, 0.2) is 24.4 Å². The molecular formula is C11H12BrNO. The van der Waals surface area contributed by atoms with Gasteiger partial charge in [0.2, 0.25) is 0 Å². The molecule has 0 aliphatic rings. The minimum atomic E-state index is 0.202. The average molecular weight is 254 g/mol. The van der Waals surface area contributed by atoms with Crippen LogP contribution in [-0.4, -0.2) is 16.7 Å². The number of aromatic amines is 1. The molecule has 0 aliphatic heterocycles. The highest BCUT2D eigenvalue weighted by Crippen LogP contribution is 2.20. The summed E-state index contributed by atoms with van der Waals surface area (Å²) in [6.45, 7) is 0.202. The first kappa shape index (κ1) is 9.74. The van der Waals surface area contributed by atoms with Crippen LogP contribution < -0.4 is 0 Å². The quantitative estimate of drug-likeness (QED) is 0.811. The number of alkyl halides is 1. The van der Waals surface area contributed by atoms with E-state index in [0.717, 1.165) is 10.8 Å². The van der Waals surface area contributed by atoms with Crippen LogP contribution in [0.1, 0.15) is 11.1 Å². The van der Waals surface area contributed by atoms with Crippen molar-refractivity contribution in [2.45, 2.75) is 11.8 Å². The predicted octanol–water partition coefficient (Wildman–Crippen LogP) is 2.60. The summed E-state index contributed by atoms with van der Waals surface area (Å²) in [6, 6.07) is 6.34. The number of rotatable bonds is 3. The summed E-state index contributed by atoms with van der Waals surface area (Å²) in [4.78, 5) is 3.22. The lowest BCUT2D eigenvalue weighted by Gasteiger charge is -1.97. The van der Waals surface area contributed by atoms with E-state index < -0.39 is 0 Å². The van der Waals surface area contributed by atoms with Crippen LogP contribution >= 0.6 is 15.9 Å². The van der Waals surface area contributed by atoms with Gasteiger partial charge in [0.15, 0.2) is 0 Å². The molecule has 0 amide bonds. The van der Waals surface area contributed by atoms with E-state index in [0.29, 0.717) is 6.42 Å². The van der Waals surface area contributed by atoms with E-state index in [1.165, 1.54) is 16.5 Å². The maximum Gasteiger partial charge on any atom is 0.0472 e. The Labute approximate surface area is 91.1 Å². The first-order valence-corrected chi connectivity index (χ1v) is 5.73. The number of halogens is 1. The van der Waals surface area contributed by atoms with Gasteiger partial charge in [0.1, 0.15) is 0 Å². The van der Waals surface area contributed by atoms with Crippen molar-refractivity contribution >= 4 is 26.8 Å². The molecule has 1 heterocycles. The van der Waals surface area contributed by atoms with Crippen LogP contribution in [0.3, 0.4) is 0 Å². The second-order valence-corrected chi connectivity index (χ2v) is 3.86. The lowest BCUT2D eigenvalue weighted by atomic mass is 10.1. The van der Waals surface area contributed by atoms with Gasteiger partial charge in [-0.25, -0.2) is 0 Å². The number of hydrogen-bond donors (Lipinski definition) is 2. The minimum Gasteiger partial charge on any atom is -0.396 e. The summed E-state index contributed by atoms with van der Waals surface area (Å²) in [6.07, 6.45) is 2.69. The van der Waals surface area contributed by atoms with Gasteiger partial charge in [0.05, 0.1) is 0 Å². The number of H-pyrrole nitrogens is 1. The van der Waals surface area contributed by atoms with Gasteiger partial charge in [-0.3, -0.25) is 0 Å². The molecule has 2 rings (SSSR count). The topological polar surface area (TPSA) is 36.0 Å². The van der Waals surface area contributed by atoms with Gasteiger partial charge in [-0.1, -0.05) is 28.1 Å². The van der Waals surface area contributed by atoms with Crippen LogP contribution in [0.4, 0.5) is 0 Å². The Morgan fingerprint density at radius 2 is 2.21 bits per heavy atom. The molecule has 14 heavy (non-hydrogen) atoms. The monoisotopic (exact) mass is 253 g/mol. The van der Waals surface area contributed by atoms with Crippen molar-refractivity contribution in [2.75, 3.05) is 6.61 Å². The van der Waals surface area contributed by atoms with Crippen molar-refractivity contribution in [1.82, 2.24) is 4.98 Å². The van der Waals surface area contributed by atoms with E-state index in [-0.39, 0.29) is 6.61 Å². The first-order chi connectivity index (χ1) is 6.85. The average Bonchev–Trinajstić information content (AvgIpc) is 2.61. The lowest BCUT2D eigenvalue weighted by Crippen LogP contribution is -1.88. The van der Waals surface area contributed by atoms with Gasteiger partial charge in [-0.2, -0.15) is 0 Å². The number of aliphatic hydroxyl groups excluding tert-OH is 1. The van der Waals surface area contributed by atoms with Gasteiger partial charge in [0.25, 0.3) is 0 Å². The molecule has 1 aromatic carbocycles. The number of fused-ring (bicyclic) bond motifs is 1. The van der Waals surface area contributed by atoms with Gasteiger partial charge in [0, 0.05) is 29.0 Å². The van der Waals surface area contributed by atoms with Crippen molar-refractivity contribution in [3.05, 3.63) is 35.5 Å². The van der Waals surface area contributed by atoms with Crippen LogP contribution in [0.5, 0.6) is 0 Å². The summed E-state index contributed by atoms with van der Waals surface area (Å²) in [5, 5.41) is 11.0. The Kier molecular flexibility index (Phi) is 2.89. The summed E-state index contributed by atoms with van der Waals surface area (Å²) in [7, 11) is 0. The van der Waals surface area contributed by atoms with Gasteiger partial charge < -0.3 is 10.1 Å².